The molecule has 3 nitrogen and oxygen atoms in total. The van der Waals surface area contributed by atoms with Gasteiger partial charge in [-0.3, -0.25) is 4.79 Å². The van der Waals surface area contributed by atoms with Crippen LogP contribution in [0.25, 0.3) is 0 Å². The third kappa shape index (κ3) is 2.32. The average molecular weight is 236 g/mol. The minimum Gasteiger partial charge on any atom is -0.398 e. The number of amides is 1. The number of fused-ring (bicyclic) bond motifs is 1. The zero-order valence-corrected chi connectivity index (χ0v) is 10.4. The van der Waals surface area contributed by atoms with Gasteiger partial charge in [-0.1, -0.05) is 13.8 Å². The minimum atomic E-state index is 0.0559. The fourth-order valence-corrected chi connectivity index (χ4v) is 2.59. The van der Waals surface area contributed by atoms with E-state index in [1.54, 1.807) is 11.8 Å². The molecule has 1 aromatic rings. The van der Waals surface area contributed by atoms with E-state index in [0.717, 1.165) is 27.6 Å². The first-order chi connectivity index (χ1) is 7.56. The van der Waals surface area contributed by atoms with E-state index in [1.807, 2.05) is 12.1 Å². The lowest BCUT2D eigenvalue weighted by Crippen LogP contribution is -2.03. The lowest BCUT2D eigenvalue weighted by Gasteiger charge is -2.09. The zero-order valence-electron chi connectivity index (χ0n) is 9.54. The van der Waals surface area contributed by atoms with Gasteiger partial charge in [0.1, 0.15) is 0 Å². The van der Waals surface area contributed by atoms with Crippen molar-refractivity contribution in [3.63, 3.8) is 0 Å². The summed E-state index contributed by atoms with van der Waals surface area (Å²) in [6.07, 6.45) is 0.453. The van der Waals surface area contributed by atoms with Crippen LogP contribution in [0.1, 0.15) is 19.4 Å². The van der Waals surface area contributed by atoms with Crippen LogP contribution in [-0.2, 0) is 11.2 Å². The lowest BCUT2D eigenvalue weighted by molar-refractivity contribution is -0.115. The topological polar surface area (TPSA) is 55.1 Å². The molecular weight excluding hydrogens is 220 g/mol. The molecule has 0 saturated heterocycles. The Hall–Kier alpha value is -1.16. The van der Waals surface area contributed by atoms with Crippen LogP contribution in [0.3, 0.4) is 0 Å². The Morgan fingerprint density at radius 2 is 2.25 bits per heavy atom. The van der Waals surface area contributed by atoms with Crippen molar-refractivity contribution in [2.24, 2.45) is 5.92 Å². The van der Waals surface area contributed by atoms with Gasteiger partial charge in [0, 0.05) is 22.0 Å². The summed E-state index contributed by atoms with van der Waals surface area (Å²) in [5.41, 5.74) is 8.68. The first-order valence-corrected chi connectivity index (χ1v) is 6.40. The van der Waals surface area contributed by atoms with Crippen molar-refractivity contribution in [2.45, 2.75) is 25.2 Å². The predicted octanol–water partition coefficient (Wildman–Crippen LogP) is 2.51. The summed E-state index contributed by atoms with van der Waals surface area (Å²) in [7, 11) is 0. The molecule has 0 saturated carbocycles. The number of benzene rings is 1. The second-order valence-corrected chi connectivity index (χ2v) is 5.54. The van der Waals surface area contributed by atoms with Crippen LogP contribution in [0.5, 0.6) is 0 Å². The minimum absolute atomic E-state index is 0.0559. The number of carbonyl (C=O) groups excluding carboxylic acids is 1. The standard InChI is InChI=1S/C12H16N2OS/c1-7(2)6-16-11-5-10-8(3-9(11)13)4-12(15)14-10/h3,5,7H,4,6,13H2,1-2H3,(H,14,15). The molecule has 3 N–H and O–H groups in total. The zero-order chi connectivity index (χ0) is 11.7. The van der Waals surface area contributed by atoms with Gasteiger partial charge in [0.05, 0.1) is 6.42 Å². The van der Waals surface area contributed by atoms with Crippen molar-refractivity contribution in [2.75, 3.05) is 16.8 Å². The molecule has 0 aromatic heterocycles. The Morgan fingerprint density at radius 1 is 1.50 bits per heavy atom. The van der Waals surface area contributed by atoms with Crippen molar-refractivity contribution in [3.05, 3.63) is 17.7 Å². The summed E-state index contributed by atoms with van der Waals surface area (Å²) in [5.74, 6) is 1.73. The summed E-state index contributed by atoms with van der Waals surface area (Å²) in [4.78, 5) is 12.3. The van der Waals surface area contributed by atoms with Gasteiger partial charge in [-0.2, -0.15) is 0 Å². The van der Waals surface area contributed by atoms with Gasteiger partial charge in [-0.05, 0) is 23.6 Å². The van der Waals surface area contributed by atoms with E-state index in [-0.39, 0.29) is 5.91 Å². The van der Waals surface area contributed by atoms with Crippen LogP contribution in [0.15, 0.2) is 17.0 Å². The molecule has 1 aliphatic heterocycles. The molecule has 1 aromatic carbocycles. The largest absolute Gasteiger partial charge is 0.398 e. The van der Waals surface area contributed by atoms with Gasteiger partial charge in [-0.25, -0.2) is 0 Å². The smallest absolute Gasteiger partial charge is 0.228 e. The van der Waals surface area contributed by atoms with E-state index >= 15 is 0 Å². The highest BCUT2D eigenvalue weighted by Gasteiger charge is 2.19. The molecule has 0 atom stereocenters. The highest BCUT2D eigenvalue weighted by Crippen LogP contribution is 2.34. The maximum absolute atomic E-state index is 11.2. The number of hydrogen-bond donors (Lipinski definition) is 2. The van der Waals surface area contributed by atoms with Gasteiger partial charge in [0.15, 0.2) is 0 Å². The number of nitrogens with two attached hydrogens (primary N) is 1. The molecule has 0 bridgehead atoms. The van der Waals surface area contributed by atoms with E-state index in [9.17, 15) is 4.79 Å². The first kappa shape index (κ1) is 11.3. The van der Waals surface area contributed by atoms with Crippen LogP contribution in [0.2, 0.25) is 0 Å². The average Bonchev–Trinajstić information content (AvgIpc) is 2.53. The SMILES string of the molecule is CC(C)CSc1cc2c(cc1N)CC(=O)N2. The second-order valence-electron chi connectivity index (χ2n) is 4.48. The molecule has 86 valence electrons. The van der Waals surface area contributed by atoms with Crippen molar-refractivity contribution in [1.82, 2.24) is 0 Å². The molecule has 0 aliphatic carbocycles. The molecule has 1 amide bonds. The van der Waals surface area contributed by atoms with Gasteiger partial charge in [0.25, 0.3) is 0 Å². The maximum atomic E-state index is 11.2. The van der Waals surface area contributed by atoms with Crippen molar-refractivity contribution >= 4 is 29.0 Å². The van der Waals surface area contributed by atoms with Crippen LogP contribution >= 0.6 is 11.8 Å². The highest BCUT2D eigenvalue weighted by atomic mass is 32.2. The number of hydrogen-bond acceptors (Lipinski definition) is 3. The van der Waals surface area contributed by atoms with Crippen LogP contribution in [0, 0.1) is 5.92 Å². The maximum Gasteiger partial charge on any atom is 0.228 e. The number of rotatable bonds is 3. The first-order valence-electron chi connectivity index (χ1n) is 5.41. The molecule has 16 heavy (non-hydrogen) atoms. The fraction of sp³-hybridized carbons (Fsp3) is 0.417. The lowest BCUT2D eigenvalue weighted by atomic mass is 10.1. The Balaban J connectivity index is 2.21. The van der Waals surface area contributed by atoms with E-state index in [0.29, 0.717) is 12.3 Å². The molecule has 1 aliphatic rings. The summed E-state index contributed by atoms with van der Waals surface area (Å²) >= 11 is 1.75. The number of nitrogen functional groups attached to an aromatic ring is 1. The van der Waals surface area contributed by atoms with Crippen LogP contribution in [0.4, 0.5) is 11.4 Å². The molecular formula is C12H16N2OS. The Bertz CT molecular complexity index is 429. The predicted molar refractivity (Wildman–Crippen MR) is 68.8 cm³/mol. The van der Waals surface area contributed by atoms with E-state index in [4.69, 9.17) is 5.73 Å². The molecule has 1 heterocycles. The number of nitrogens with one attached hydrogen (secondary N) is 1. The summed E-state index contributed by atoms with van der Waals surface area (Å²) < 4.78 is 0. The highest BCUT2D eigenvalue weighted by molar-refractivity contribution is 7.99. The normalized spacial score (nSPS) is 14.1. The molecule has 0 radical (unpaired) electrons. The monoisotopic (exact) mass is 236 g/mol. The Morgan fingerprint density at radius 3 is 2.94 bits per heavy atom. The third-order valence-electron chi connectivity index (χ3n) is 2.43. The number of thioether (sulfide) groups is 1. The summed E-state index contributed by atoms with van der Waals surface area (Å²) in [5, 5.41) is 2.84. The number of carbonyl (C=O) groups is 1. The Kier molecular flexibility index (Phi) is 3.10. The fourth-order valence-electron chi connectivity index (χ4n) is 1.66. The Labute approximate surface area is 99.8 Å². The van der Waals surface area contributed by atoms with Crippen molar-refractivity contribution in [3.8, 4) is 0 Å². The molecule has 0 spiro atoms. The van der Waals surface area contributed by atoms with Crippen LogP contribution in [-0.4, -0.2) is 11.7 Å². The van der Waals surface area contributed by atoms with E-state index < -0.39 is 0 Å². The molecule has 0 fully saturated rings. The molecule has 2 rings (SSSR count). The van der Waals surface area contributed by atoms with Gasteiger partial charge >= 0.3 is 0 Å². The third-order valence-corrected chi connectivity index (χ3v) is 3.93. The summed E-state index contributed by atoms with van der Waals surface area (Å²) in [6.45, 7) is 4.36. The van der Waals surface area contributed by atoms with E-state index in [2.05, 4.69) is 19.2 Å². The van der Waals surface area contributed by atoms with Crippen molar-refractivity contribution in [1.29, 1.82) is 0 Å². The van der Waals surface area contributed by atoms with E-state index in [1.165, 1.54) is 0 Å². The second kappa shape index (κ2) is 4.37. The number of anilines is 2. The van der Waals surface area contributed by atoms with Crippen molar-refractivity contribution < 1.29 is 4.79 Å². The molecule has 4 heteroatoms. The van der Waals surface area contributed by atoms with Crippen LogP contribution < -0.4 is 11.1 Å². The van der Waals surface area contributed by atoms with Gasteiger partial charge in [-0.15, -0.1) is 11.8 Å². The summed E-state index contributed by atoms with van der Waals surface area (Å²) in [6, 6.07) is 3.90. The quantitative estimate of drug-likeness (QED) is 0.626. The van der Waals surface area contributed by atoms with Gasteiger partial charge in [0.2, 0.25) is 5.91 Å². The van der Waals surface area contributed by atoms with Gasteiger partial charge < -0.3 is 11.1 Å². The molecule has 0 unspecified atom stereocenters.